The molecule has 0 nitrogen and oxygen atoms in total. The van der Waals surface area contributed by atoms with Crippen LogP contribution in [-0.4, -0.2) is 0 Å². The van der Waals surface area contributed by atoms with Crippen molar-refractivity contribution in [3.05, 3.63) is 0 Å². The molecule has 0 atom stereocenters. The highest BCUT2D eigenvalue weighted by Gasteiger charge is 2.95. The third kappa shape index (κ3) is 0.146. The standard InChI is InChI=1S/C8H12/c1-6(2)3-7-4-8(6,7)5-7/h3-5H2,1-2H3. The Morgan fingerprint density at radius 2 is 1.62 bits per heavy atom. The van der Waals surface area contributed by atoms with Crippen molar-refractivity contribution < 1.29 is 0 Å². The van der Waals surface area contributed by atoms with Crippen LogP contribution >= 0.6 is 0 Å². The molecule has 0 saturated heterocycles. The van der Waals surface area contributed by atoms with Crippen molar-refractivity contribution in [1.29, 1.82) is 0 Å². The summed E-state index contributed by atoms with van der Waals surface area (Å²) in [6.07, 6.45) is 4.72. The molecule has 0 heteroatoms. The molecular weight excluding hydrogens is 96.1 g/mol. The average molecular weight is 108 g/mol. The lowest BCUT2D eigenvalue weighted by atomic mass is 9.72. The summed E-state index contributed by atoms with van der Waals surface area (Å²) in [6, 6.07) is 0. The molecule has 3 fully saturated rings. The van der Waals surface area contributed by atoms with Gasteiger partial charge in [-0.05, 0) is 35.5 Å². The highest BCUT2D eigenvalue weighted by molar-refractivity contribution is 5.43. The Morgan fingerprint density at radius 1 is 1.00 bits per heavy atom. The van der Waals surface area contributed by atoms with E-state index in [1.165, 1.54) is 0 Å². The Hall–Kier alpha value is 0. The van der Waals surface area contributed by atoms with E-state index in [1.807, 2.05) is 0 Å². The number of rotatable bonds is 0. The summed E-state index contributed by atoms with van der Waals surface area (Å²) in [4.78, 5) is 0. The Kier molecular flexibility index (Phi) is 0.280. The van der Waals surface area contributed by atoms with Crippen LogP contribution in [0.15, 0.2) is 0 Å². The van der Waals surface area contributed by atoms with Crippen LogP contribution < -0.4 is 0 Å². The first-order valence-corrected chi connectivity index (χ1v) is 3.62. The van der Waals surface area contributed by atoms with Gasteiger partial charge < -0.3 is 0 Å². The molecule has 0 aliphatic heterocycles. The smallest absolute Gasteiger partial charge is 0.0178 e. The summed E-state index contributed by atoms with van der Waals surface area (Å²) < 4.78 is 0. The first-order chi connectivity index (χ1) is 3.62. The SMILES string of the molecule is CC1(C)CC23CC12C3. The molecule has 0 amide bonds. The number of hydrogen-bond donors (Lipinski definition) is 0. The van der Waals surface area contributed by atoms with Crippen molar-refractivity contribution in [2.75, 3.05) is 0 Å². The van der Waals surface area contributed by atoms with Crippen LogP contribution in [0.5, 0.6) is 0 Å². The van der Waals surface area contributed by atoms with Crippen molar-refractivity contribution in [2.24, 2.45) is 16.2 Å². The van der Waals surface area contributed by atoms with Crippen molar-refractivity contribution in [3.63, 3.8) is 0 Å². The minimum Gasteiger partial charge on any atom is -0.0593 e. The summed E-state index contributed by atoms with van der Waals surface area (Å²) in [6.45, 7) is 4.87. The fourth-order valence-corrected chi connectivity index (χ4v) is 3.41. The first-order valence-electron chi connectivity index (χ1n) is 3.62. The Labute approximate surface area is 50.3 Å². The topological polar surface area (TPSA) is 0 Å². The maximum atomic E-state index is 2.44. The van der Waals surface area contributed by atoms with Gasteiger partial charge in [0.05, 0.1) is 0 Å². The summed E-state index contributed by atoms with van der Waals surface area (Å²) >= 11 is 0. The minimum absolute atomic E-state index is 0.757. The van der Waals surface area contributed by atoms with Gasteiger partial charge in [0, 0.05) is 0 Å². The van der Waals surface area contributed by atoms with E-state index >= 15 is 0 Å². The Balaban J connectivity index is 2.12. The lowest BCUT2D eigenvalue weighted by Gasteiger charge is -2.33. The largest absolute Gasteiger partial charge is 0.0593 e. The van der Waals surface area contributed by atoms with Crippen LogP contribution in [0.4, 0.5) is 0 Å². The quantitative estimate of drug-likeness (QED) is 0.446. The van der Waals surface area contributed by atoms with E-state index in [1.54, 1.807) is 19.3 Å². The normalized spacial score (nSPS) is 69.8. The molecule has 3 rings (SSSR count). The zero-order chi connectivity index (χ0) is 5.62. The summed E-state index contributed by atoms with van der Waals surface area (Å²) in [5.74, 6) is 0. The van der Waals surface area contributed by atoms with E-state index in [-0.39, 0.29) is 0 Å². The van der Waals surface area contributed by atoms with E-state index in [2.05, 4.69) is 13.8 Å². The molecule has 0 bridgehead atoms. The fraction of sp³-hybridized carbons (Fsp3) is 1.00. The molecule has 3 aliphatic rings. The summed E-state index contributed by atoms with van der Waals surface area (Å²) in [5.41, 5.74) is 2.66. The van der Waals surface area contributed by atoms with E-state index in [0.29, 0.717) is 0 Å². The monoisotopic (exact) mass is 108 g/mol. The van der Waals surface area contributed by atoms with E-state index in [9.17, 15) is 0 Å². The van der Waals surface area contributed by atoms with Crippen molar-refractivity contribution in [3.8, 4) is 0 Å². The highest BCUT2D eigenvalue weighted by atomic mass is 15.0. The second-order valence-electron chi connectivity index (χ2n) is 4.78. The van der Waals surface area contributed by atoms with Crippen LogP contribution in [0, 0.1) is 16.2 Å². The van der Waals surface area contributed by atoms with Gasteiger partial charge in [-0.15, -0.1) is 0 Å². The minimum atomic E-state index is 0.757. The Bertz CT molecular complexity index is 170. The molecule has 0 radical (unpaired) electrons. The van der Waals surface area contributed by atoms with Crippen LogP contribution in [0.2, 0.25) is 0 Å². The van der Waals surface area contributed by atoms with Crippen molar-refractivity contribution in [1.82, 2.24) is 0 Å². The maximum Gasteiger partial charge on any atom is -0.0178 e. The zero-order valence-corrected chi connectivity index (χ0v) is 5.62. The van der Waals surface area contributed by atoms with Gasteiger partial charge in [-0.25, -0.2) is 0 Å². The Morgan fingerprint density at radius 3 is 1.62 bits per heavy atom. The van der Waals surface area contributed by atoms with Gasteiger partial charge >= 0.3 is 0 Å². The molecule has 0 heterocycles. The molecule has 8 heavy (non-hydrogen) atoms. The lowest BCUT2D eigenvalue weighted by Crippen LogP contribution is -2.25. The van der Waals surface area contributed by atoms with Gasteiger partial charge in [0.25, 0.3) is 0 Å². The van der Waals surface area contributed by atoms with Crippen LogP contribution in [0.1, 0.15) is 33.1 Å². The third-order valence-electron chi connectivity index (χ3n) is 4.12. The molecule has 0 unspecified atom stereocenters. The molecule has 44 valence electrons. The molecule has 0 N–H and O–H groups in total. The van der Waals surface area contributed by atoms with Gasteiger partial charge in [-0.2, -0.15) is 0 Å². The second kappa shape index (κ2) is 0.571. The molecule has 3 saturated carbocycles. The summed E-state index contributed by atoms with van der Waals surface area (Å²) in [5, 5.41) is 0. The first kappa shape index (κ1) is 3.92. The molecule has 0 aromatic carbocycles. The highest BCUT2D eigenvalue weighted by Crippen LogP contribution is 3.03. The van der Waals surface area contributed by atoms with Gasteiger partial charge in [0.1, 0.15) is 0 Å². The van der Waals surface area contributed by atoms with Gasteiger partial charge in [0.2, 0.25) is 0 Å². The van der Waals surface area contributed by atoms with Crippen LogP contribution in [0.25, 0.3) is 0 Å². The van der Waals surface area contributed by atoms with E-state index in [4.69, 9.17) is 0 Å². The predicted octanol–water partition coefficient (Wildman–Crippen LogP) is 2.20. The van der Waals surface area contributed by atoms with Crippen LogP contribution in [-0.2, 0) is 0 Å². The summed E-state index contributed by atoms with van der Waals surface area (Å²) in [7, 11) is 0. The fourth-order valence-electron chi connectivity index (χ4n) is 3.41. The third-order valence-corrected chi connectivity index (χ3v) is 4.12. The second-order valence-corrected chi connectivity index (χ2v) is 4.78. The van der Waals surface area contributed by atoms with Crippen molar-refractivity contribution >= 4 is 0 Å². The number of hydrogen-bond acceptors (Lipinski definition) is 0. The molecule has 3 aliphatic carbocycles. The van der Waals surface area contributed by atoms with Gasteiger partial charge in [-0.3, -0.25) is 0 Å². The zero-order valence-electron chi connectivity index (χ0n) is 5.62. The van der Waals surface area contributed by atoms with Crippen LogP contribution in [0.3, 0.4) is 0 Å². The molecule has 0 spiro atoms. The maximum absolute atomic E-state index is 2.44. The molecule has 0 aromatic heterocycles. The molecular formula is C8H12. The molecule has 0 aromatic rings. The average Bonchev–Trinajstić information content (AvgIpc) is 2.16. The van der Waals surface area contributed by atoms with Gasteiger partial charge in [0.15, 0.2) is 0 Å². The van der Waals surface area contributed by atoms with Crippen molar-refractivity contribution in [2.45, 2.75) is 33.1 Å². The lowest BCUT2D eigenvalue weighted by molar-refractivity contribution is 0.162. The van der Waals surface area contributed by atoms with E-state index in [0.717, 1.165) is 16.2 Å². The van der Waals surface area contributed by atoms with Gasteiger partial charge in [-0.1, -0.05) is 13.8 Å². The predicted molar refractivity (Wildman–Crippen MR) is 32.5 cm³/mol. The van der Waals surface area contributed by atoms with E-state index < -0.39 is 0 Å².